The van der Waals surface area contributed by atoms with E-state index in [4.69, 9.17) is 16.7 Å². The molecule has 1 aromatic rings. The molecule has 0 saturated carbocycles. The van der Waals surface area contributed by atoms with E-state index >= 15 is 0 Å². The monoisotopic (exact) mass is 269 g/mol. The van der Waals surface area contributed by atoms with Gasteiger partial charge in [0.1, 0.15) is 16.5 Å². The lowest BCUT2D eigenvalue weighted by atomic mass is 10.2. The number of halogens is 1. The van der Waals surface area contributed by atoms with Crippen molar-refractivity contribution in [1.82, 2.24) is 9.88 Å². The summed E-state index contributed by atoms with van der Waals surface area (Å²) in [4.78, 5) is 17.4. The number of rotatable bonds is 5. The van der Waals surface area contributed by atoms with Crippen molar-refractivity contribution < 1.29 is 9.90 Å². The van der Waals surface area contributed by atoms with Crippen molar-refractivity contribution in [2.75, 3.05) is 31.5 Å². The van der Waals surface area contributed by atoms with Crippen LogP contribution in [0.3, 0.4) is 0 Å². The Bertz CT molecular complexity index is 433. The average molecular weight is 270 g/mol. The second-order valence-electron chi connectivity index (χ2n) is 4.31. The number of carbonyl (C=O) groups is 1. The molecule has 1 saturated heterocycles. The Morgan fingerprint density at radius 1 is 1.44 bits per heavy atom. The van der Waals surface area contributed by atoms with Gasteiger partial charge in [-0.1, -0.05) is 11.6 Å². The molecule has 2 N–H and O–H groups in total. The molecule has 0 unspecified atom stereocenters. The van der Waals surface area contributed by atoms with E-state index in [0.717, 1.165) is 19.6 Å². The summed E-state index contributed by atoms with van der Waals surface area (Å²) in [5.41, 5.74) is 0.154. The summed E-state index contributed by atoms with van der Waals surface area (Å²) < 4.78 is 0. The summed E-state index contributed by atoms with van der Waals surface area (Å²) in [6.07, 6.45) is 2.49. The number of carboxylic acid groups (broad SMARTS) is 1. The third-order valence-electron chi connectivity index (χ3n) is 3.01. The lowest BCUT2D eigenvalue weighted by molar-refractivity contribution is 0.0697. The molecule has 6 heteroatoms. The molecule has 0 atom stereocenters. The molecular weight excluding hydrogens is 254 g/mol. The van der Waals surface area contributed by atoms with Crippen molar-refractivity contribution in [1.29, 1.82) is 0 Å². The maximum Gasteiger partial charge on any atom is 0.339 e. The largest absolute Gasteiger partial charge is 0.478 e. The molecule has 1 fully saturated rings. The van der Waals surface area contributed by atoms with Crippen molar-refractivity contribution in [3.05, 3.63) is 22.8 Å². The number of aromatic nitrogens is 1. The molecule has 0 aromatic carbocycles. The zero-order valence-electron chi connectivity index (χ0n) is 10.0. The first-order valence-electron chi connectivity index (χ1n) is 6.03. The van der Waals surface area contributed by atoms with E-state index in [1.807, 2.05) is 0 Å². The van der Waals surface area contributed by atoms with Crippen LogP contribution in [-0.2, 0) is 0 Å². The standard InChI is InChI=1S/C12H16ClN3O2/c13-10-4-3-9(12(17)18)11(15-10)14-5-8-16-6-1-2-7-16/h3-4H,1-2,5-8H2,(H,14,15)(H,17,18). The van der Waals surface area contributed by atoms with Crippen LogP contribution in [0.25, 0.3) is 0 Å². The van der Waals surface area contributed by atoms with Gasteiger partial charge < -0.3 is 15.3 Å². The number of nitrogens with zero attached hydrogens (tertiary/aromatic N) is 2. The van der Waals surface area contributed by atoms with Gasteiger partial charge in [0.25, 0.3) is 0 Å². The predicted molar refractivity (Wildman–Crippen MR) is 70.4 cm³/mol. The molecule has 1 aliphatic rings. The van der Waals surface area contributed by atoms with Gasteiger partial charge >= 0.3 is 5.97 Å². The topological polar surface area (TPSA) is 65.5 Å². The van der Waals surface area contributed by atoms with Crippen molar-refractivity contribution in [2.24, 2.45) is 0 Å². The lowest BCUT2D eigenvalue weighted by Crippen LogP contribution is -2.26. The number of nitrogens with one attached hydrogen (secondary N) is 1. The SMILES string of the molecule is O=C(O)c1ccc(Cl)nc1NCCN1CCCC1. The smallest absolute Gasteiger partial charge is 0.339 e. The van der Waals surface area contributed by atoms with Crippen LogP contribution in [0, 0.1) is 0 Å². The van der Waals surface area contributed by atoms with Crippen LogP contribution >= 0.6 is 11.6 Å². The summed E-state index contributed by atoms with van der Waals surface area (Å²) in [6.45, 7) is 3.81. The molecule has 0 bridgehead atoms. The first-order valence-corrected chi connectivity index (χ1v) is 6.40. The van der Waals surface area contributed by atoms with Crippen molar-refractivity contribution >= 4 is 23.4 Å². The first-order chi connectivity index (χ1) is 8.66. The van der Waals surface area contributed by atoms with Gasteiger partial charge in [0, 0.05) is 13.1 Å². The lowest BCUT2D eigenvalue weighted by Gasteiger charge is -2.15. The van der Waals surface area contributed by atoms with Gasteiger partial charge in [-0.3, -0.25) is 0 Å². The van der Waals surface area contributed by atoms with Gasteiger partial charge in [0.05, 0.1) is 0 Å². The highest BCUT2D eigenvalue weighted by molar-refractivity contribution is 6.29. The highest BCUT2D eigenvalue weighted by Gasteiger charge is 2.13. The third-order valence-corrected chi connectivity index (χ3v) is 3.22. The molecule has 1 aromatic heterocycles. The van der Waals surface area contributed by atoms with Crippen LogP contribution in [-0.4, -0.2) is 47.1 Å². The van der Waals surface area contributed by atoms with Crippen LogP contribution in [0.1, 0.15) is 23.2 Å². The van der Waals surface area contributed by atoms with Gasteiger partial charge in [0.2, 0.25) is 0 Å². The van der Waals surface area contributed by atoms with Gasteiger partial charge in [-0.25, -0.2) is 9.78 Å². The molecule has 0 aliphatic carbocycles. The van der Waals surface area contributed by atoms with E-state index < -0.39 is 5.97 Å². The fourth-order valence-electron chi connectivity index (χ4n) is 2.08. The number of hydrogen-bond acceptors (Lipinski definition) is 4. The molecule has 18 heavy (non-hydrogen) atoms. The Labute approximate surface area is 111 Å². The molecule has 1 aliphatic heterocycles. The minimum atomic E-state index is -0.997. The summed E-state index contributed by atoms with van der Waals surface area (Å²) in [5.74, 6) is -0.656. The Kier molecular flexibility index (Phi) is 4.38. The van der Waals surface area contributed by atoms with Crippen molar-refractivity contribution in [2.45, 2.75) is 12.8 Å². The normalized spacial score (nSPS) is 15.8. The highest BCUT2D eigenvalue weighted by Crippen LogP contribution is 2.16. The molecule has 0 radical (unpaired) electrons. The minimum Gasteiger partial charge on any atom is -0.478 e. The van der Waals surface area contributed by atoms with E-state index in [2.05, 4.69) is 15.2 Å². The van der Waals surface area contributed by atoms with Crippen LogP contribution < -0.4 is 5.32 Å². The summed E-state index contributed by atoms with van der Waals surface area (Å²) in [6, 6.07) is 2.95. The molecule has 0 spiro atoms. The number of anilines is 1. The molecule has 0 amide bonds. The van der Waals surface area contributed by atoms with Crippen LogP contribution in [0.2, 0.25) is 5.15 Å². The molecular formula is C12H16ClN3O2. The van der Waals surface area contributed by atoms with Gasteiger partial charge in [-0.2, -0.15) is 0 Å². The van der Waals surface area contributed by atoms with Crippen LogP contribution in [0.5, 0.6) is 0 Å². The van der Waals surface area contributed by atoms with E-state index in [0.29, 0.717) is 17.5 Å². The van der Waals surface area contributed by atoms with Gasteiger partial charge in [-0.15, -0.1) is 0 Å². The molecule has 5 nitrogen and oxygen atoms in total. The van der Waals surface area contributed by atoms with E-state index in [1.165, 1.54) is 25.0 Å². The number of aromatic carboxylic acids is 1. The van der Waals surface area contributed by atoms with Crippen molar-refractivity contribution in [3.8, 4) is 0 Å². The molecule has 2 heterocycles. The summed E-state index contributed by atoms with van der Waals surface area (Å²) in [5, 5.41) is 12.4. The van der Waals surface area contributed by atoms with Crippen LogP contribution in [0.15, 0.2) is 12.1 Å². The van der Waals surface area contributed by atoms with Crippen molar-refractivity contribution in [3.63, 3.8) is 0 Å². The molecule has 98 valence electrons. The molecule has 2 rings (SSSR count). The zero-order valence-corrected chi connectivity index (χ0v) is 10.8. The maximum absolute atomic E-state index is 11.0. The van der Waals surface area contributed by atoms with E-state index in [-0.39, 0.29) is 5.56 Å². The Balaban J connectivity index is 1.94. The van der Waals surface area contributed by atoms with E-state index in [1.54, 1.807) is 0 Å². The summed E-state index contributed by atoms with van der Waals surface area (Å²) in [7, 11) is 0. The van der Waals surface area contributed by atoms with Gasteiger partial charge in [-0.05, 0) is 38.1 Å². The first kappa shape index (κ1) is 13.1. The van der Waals surface area contributed by atoms with Gasteiger partial charge in [0.15, 0.2) is 0 Å². The number of carboxylic acids is 1. The van der Waals surface area contributed by atoms with E-state index in [9.17, 15) is 4.79 Å². The average Bonchev–Trinajstić information content (AvgIpc) is 2.82. The quantitative estimate of drug-likeness (QED) is 0.800. The van der Waals surface area contributed by atoms with Crippen LogP contribution in [0.4, 0.5) is 5.82 Å². The predicted octanol–water partition coefficient (Wildman–Crippen LogP) is 1.94. The maximum atomic E-state index is 11.0. The minimum absolute atomic E-state index is 0.154. The Hall–Kier alpha value is -1.33. The number of likely N-dealkylation sites (tertiary alicyclic amines) is 1. The fraction of sp³-hybridized carbons (Fsp3) is 0.500. The Morgan fingerprint density at radius 3 is 2.83 bits per heavy atom. The number of pyridine rings is 1. The fourth-order valence-corrected chi connectivity index (χ4v) is 2.23. The Morgan fingerprint density at radius 2 is 2.17 bits per heavy atom. The highest BCUT2D eigenvalue weighted by atomic mass is 35.5. The zero-order chi connectivity index (χ0) is 13.0. The summed E-state index contributed by atoms with van der Waals surface area (Å²) >= 11 is 5.77. The second kappa shape index (κ2) is 6.02. The second-order valence-corrected chi connectivity index (χ2v) is 4.70. The number of hydrogen-bond donors (Lipinski definition) is 2. The third kappa shape index (κ3) is 3.34.